The molecule has 0 aliphatic heterocycles. The number of aromatic nitrogens is 1. The topological polar surface area (TPSA) is 141 Å². The average Bonchev–Trinajstić information content (AvgIpc) is 3.19. The molecule has 0 unspecified atom stereocenters. The Balaban J connectivity index is 1.84. The van der Waals surface area contributed by atoms with Crippen LogP contribution in [-0.2, 0) is 11.3 Å². The van der Waals surface area contributed by atoms with E-state index in [0.717, 1.165) is 17.1 Å². The second kappa shape index (κ2) is 10.4. The molecule has 32 heavy (non-hydrogen) atoms. The Hall–Kier alpha value is -3.92. The first-order valence-electron chi connectivity index (χ1n) is 9.81. The van der Waals surface area contributed by atoms with Gasteiger partial charge in [0, 0.05) is 12.2 Å². The molecule has 2 aromatic carbocycles. The van der Waals surface area contributed by atoms with Crippen LogP contribution in [0.15, 0.2) is 54.6 Å². The lowest BCUT2D eigenvalue weighted by atomic mass is 10.2. The number of rotatable bonds is 9. The minimum absolute atomic E-state index is 0.0311. The van der Waals surface area contributed by atoms with E-state index in [1.54, 1.807) is 24.3 Å². The van der Waals surface area contributed by atoms with E-state index in [9.17, 15) is 14.4 Å². The van der Waals surface area contributed by atoms with Crippen molar-refractivity contribution in [1.29, 1.82) is 0 Å². The van der Waals surface area contributed by atoms with Crippen LogP contribution in [0.4, 0.5) is 11.4 Å². The van der Waals surface area contributed by atoms with Crippen molar-refractivity contribution >= 4 is 40.6 Å². The lowest BCUT2D eigenvalue weighted by molar-refractivity contribution is -0.119. The lowest BCUT2D eigenvalue weighted by Gasteiger charge is -2.22. The molecule has 0 radical (unpaired) electrons. The molecule has 1 aromatic heterocycles. The second-order valence-electron chi connectivity index (χ2n) is 6.72. The first kappa shape index (κ1) is 22.8. The molecule has 5 N–H and O–H groups in total. The molecule has 1 heterocycles. The van der Waals surface area contributed by atoms with E-state index in [4.69, 9.17) is 16.2 Å². The fraction of sp³-hybridized carbons (Fsp3) is 0.182. The number of ether oxygens (including phenoxy) is 1. The SMILES string of the molecule is CCOc1ccc(N(CC(=O)NCc2ccccc2)C(=O)c2snc(C(N)=O)c2N)cc1. The molecular weight excluding hydrogens is 430 g/mol. The number of benzene rings is 2. The molecule has 0 aliphatic rings. The van der Waals surface area contributed by atoms with Crippen molar-refractivity contribution in [2.75, 3.05) is 23.8 Å². The van der Waals surface area contributed by atoms with Crippen molar-refractivity contribution in [3.05, 3.63) is 70.7 Å². The predicted octanol–water partition coefficient (Wildman–Crippen LogP) is 2.19. The highest BCUT2D eigenvalue weighted by molar-refractivity contribution is 7.09. The van der Waals surface area contributed by atoms with E-state index in [1.165, 1.54) is 4.90 Å². The van der Waals surface area contributed by atoms with Gasteiger partial charge in [-0.25, -0.2) is 0 Å². The summed E-state index contributed by atoms with van der Waals surface area (Å²) in [6.07, 6.45) is 0. The van der Waals surface area contributed by atoms with Gasteiger partial charge in [0.1, 0.15) is 17.2 Å². The Kier molecular flexibility index (Phi) is 7.40. The van der Waals surface area contributed by atoms with Crippen LogP contribution in [0, 0.1) is 0 Å². The third-order valence-corrected chi connectivity index (χ3v) is 5.35. The van der Waals surface area contributed by atoms with E-state index in [1.807, 2.05) is 37.3 Å². The third kappa shape index (κ3) is 5.41. The Morgan fingerprint density at radius 3 is 2.38 bits per heavy atom. The van der Waals surface area contributed by atoms with Crippen molar-refractivity contribution in [3.8, 4) is 5.75 Å². The zero-order chi connectivity index (χ0) is 23.1. The summed E-state index contributed by atoms with van der Waals surface area (Å²) < 4.78 is 9.32. The summed E-state index contributed by atoms with van der Waals surface area (Å²) in [7, 11) is 0. The minimum atomic E-state index is -0.828. The summed E-state index contributed by atoms with van der Waals surface area (Å²) in [5, 5.41) is 2.80. The van der Waals surface area contributed by atoms with Crippen LogP contribution in [-0.4, -0.2) is 35.2 Å². The monoisotopic (exact) mass is 453 g/mol. The summed E-state index contributed by atoms with van der Waals surface area (Å²) in [6, 6.07) is 16.1. The van der Waals surface area contributed by atoms with Gasteiger partial charge in [-0.15, -0.1) is 0 Å². The van der Waals surface area contributed by atoms with Crippen LogP contribution in [0.1, 0.15) is 32.6 Å². The molecule has 0 saturated carbocycles. The largest absolute Gasteiger partial charge is 0.494 e. The Labute approximate surface area is 189 Å². The summed E-state index contributed by atoms with van der Waals surface area (Å²) in [5.74, 6) is -1.13. The number of carbonyl (C=O) groups is 3. The smallest absolute Gasteiger partial charge is 0.272 e. The molecule has 0 spiro atoms. The van der Waals surface area contributed by atoms with Crippen molar-refractivity contribution in [1.82, 2.24) is 9.69 Å². The molecule has 3 aromatic rings. The standard InChI is InChI=1S/C22H23N5O4S/c1-2-31-16-10-8-15(9-11-16)27(13-17(28)25-12-14-6-4-3-5-7-14)22(30)20-18(23)19(21(24)29)26-32-20/h3-11H,2,12-13,23H2,1H3,(H2,24,29)(H,25,28). The molecule has 0 bridgehead atoms. The van der Waals surface area contributed by atoms with Crippen LogP contribution in [0.5, 0.6) is 5.75 Å². The highest BCUT2D eigenvalue weighted by Crippen LogP contribution is 2.27. The van der Waals surface area contributed by atoms with Gasteiger partial charge in [-0.2, -0.15) is 4.37 Å². The quantitative estimate of drug-likeness (QED) is 0.454. The molecule has 9 nitrogen and oxygen atoms in total. The Morgan fingerprint density at radius 1 is 1.09 bits per heavy atom. The van der Waals surface area contributed by atoms with Crippen molar-refractivity contribution in [2.24, 2.45) is 5.73 Å². The van der Waals surface area contributed by atoms with Crippen molar-refractivity contribution in [3.63, 3.8) is 0 Å². The van der Waals surface area contributed by atoms with E-state index in [0.29, 0.717) is 24.6 Å². The number of amides is 3. The third-order valence-electron chi connectivity index (χ3n) is 4.49. The lowest BCUT2D eigenvalue weighted by Crippen LogP contribution is -2.40. The molecule has 3 rings (SSSR count). The summed E-state index contributed by atoms with van der Waals surface area (Å²) in [6.45, 7) is 2.42. The van der Waals surface area contributed by atoms with Crippen molar-refractivity contribution < 1.29 is 19.1 Å². The van der Waals surface area contributed by atoms with Gasteiger partial charge in [-0.1, -0.05) is 30.3 Å². The zero-order valence-electron chi connectivity index (χ0n) is 17.4. The van der Waals surface area contributed by atoms with E-state index in [-0.39, 0.29) is 28.7 Å². The highest BCUT2D eigenvalue weighted by atomic mass is 32.1. The number of nitrogens with one attached hydrogen (secondary N) is 1. The van der Waals surface area contributed by atoms with Gasteiger partial charge in [0.25, 0.3) is 11.8 Å². The van der Waals surface area contributed by atoms with Gasteiger partial charge in [-0.05, 0) is 48.3 Å². The number of carbonyl (C=O) groups excluding carboxylic acids is 3. The molecule has 0 atom stereocenters. The molecule has 0 saturated heterocycles. The summed E-state index contributed by atoms with van der Waals surface area (Å²) in [5.41, 5.74) is 12.3. The van der Waals surface area contributed by atoms with Gasteiger partial charge in [0.15, 0.2) is 5.69 Å². The van der Waals surface area contributed by atoms with Crippen LogP contribution >= 0.6 is 11.5 Å². The highest BCUT2D eigenvalue weighted by Gasteiger charge is 2.27. The van der Waals surface area contributed by atoms with Gasteiger partial charge < -0.3 is 21.5 Å². The molecule has 3 amide bonds. The second-order valence-corrected chi connectivity index (χ2v) is 7.49. The van der Waals surface area contributed by atoms with Gasteiger partial charge in [0.05, 0.1) is 12.3 Å². The van der Waals surface area contributed by atoms with Crippen molar-refractivity contribution in [2.45, 2.75) is 13.5 Å². The van der Waals surface area contributed by atoms with Gasteiger partial charge in [-0.3, -0.25) is 19.3 Å². The van der Waals surface area contributed by atoms with Gasteiger partial charge in [0.2, 0.25) is 5.91 Å². The molecule has 0 fully saturated rings. The zero-order valence-corrected chi connectivity index (χ0v) is 18.2. The maximum Gasteiger partial charge on any atom is 0.272 e. The fourth-order valence-corrected chi connectivity index (χ4v) is 3.67. The van der Waals surface area contributed by atoms with Crippen LogP contribution in [0.3, 0.4) is 0 Å². The minimum Gasteiger partial charge on any atom is -0.494 e. The number of hydrogen-bond acceptors (Lipinski definition) is 7. The number of hydrogen-bond donors (Lipinski definition) is 3. The summed E-state index contributed by atoms with van der Waals surface area (Å²) >= 11 is 0.761. The summed E-state index contributed by atoms with van der Waals surface area (Å²) in [4.78, 5) is 38.7. The first-order valence-corrected chi connectivity index (χ1v) is 10.6. The molecule has 166 valence electrons. The van der Waals surface area contributed by atoms with E-state index < -0.39 is 11.8 Å². The van der Waals surface area contributed by atoms with E-state index >= 15 is 0 Å². The first-order chi connectivity index (χ1) is 15.4. The Bertz CT molecular complexity index is 1100. The molecule has 0 aliphatic carbocycles. The number of nitrogens with zero attached hydrogens (tertiary/aromatic N) is 2. The number of nitrogen functional groups attached to an aromatic ring is 1. The molecule has 10 heteroatoms. The van der Waals surface area contributed by atoms with E-state index in [2.05, 4.69) is 9.69 Å². The van der Waals surface area contributed by atoms with Gasteiger partial charge >= 0.3 is 0 Å². The van der Waals surface area contributed by atoms with Crippen LogP contribution in [0.2, 0.25) is 0 Å². The maximum atomic E-state index is 13.3. The number of anilines is 2. The number of nitrogens with two attached hydrogens (primary N) is 2. The van der Waals surface area contributed by atoms with Crippen LogP contribution in [0.25, 0.3) is 0 Å². The van der Waals surface area contributed by atoms with Crippen LogP contribution < -0.4 is 26.4 Å². The fourth-order valence-electron chi connectivity index (χ4n) is 2.92. The predicted molar refractivity (Wildman–Crippen MR) is 123 cm³/mol. The average molecular weight is 454 g/mol. The Morgan fingerprint density at radius 2 is 1.78 bits per heavy atom. The maximum absolute atomic E-state index is 13.3. The number of primary amides is 1. The normalized spacial score (nSPS) is 10.4. The molecular formula is C22H23N5O4S.